The van der Waals surface area contributed by atoms with Crippen LogP contribution in [0.4, 0.5) is 17.3 Å². The summed E-state index contributed by atoms with van der Waals surface area (Å²) in [7, 11) is -3.30. The quantitative estimate of drug-likeness (QED) is 0.604. The molecule has 3 aromatic rings. The van der Waals surface area contributed by atoms with E-state index in [-0.39, 0.29) is 24.0 Å². The van der Waals surface area contributed by atoms with Crippen molar-refractivity contribution < 1.29 is 17.9 Å². The topological polar surface area (TPSA) is 132 Å². The molecule has 4 heterocycles. The number of rotatable bonds is 4. The molecule has 11 heteroatoms. The van der Waals surface area contributed by atoms with Gasteiger partial charge in [0.15, 0.2) is 21.5 Å². The van der Waals surface area contributed by atoms with Crippen LogP contribution in [0, 0.1) is 0 Å². The molecule has 2 aliphatic heterocycles. The number of nitrogen functional groups attached to an aromatic ring is 1. The van der Waals surface area contributed by atoms with Crippen molar-refractivity contribution in [1.82, 2.24) is 15.0 Å². The smallest absolute Gasteiger partial charge is 0.252 e. The summed E-state index contributed by atoms with van der Waals surface area (Å²) in [6, 6.07) is 9.51. The third kappa shape index (κ3) is 4.00. The Labute approximate surface area is 191 Å². The van der Waals surface area contributed by atoms with Crippen LogP contribution in [0.5, 0.6) is 0 Å². The van der Waals surface area contributed by atoms with E-state index in [9.17, 15) is 13.2 Å². The first-order valence-electron chi connectivity index (χ1n) is 10.3. The zero-order chi connectivity index (χ0) is 23.2. The largest absolute Gasteiger partial charge is 0.384 e. The second kappa shape index (κ2) is 8.09. The number of carbonyl (C=O) groups is 1. The van der Waals surface area contributed by atoms with E-state index in [1.54, 1.807) is 53.7 Å². The number of hydrogen-bond acceptors (Lipinski definition) is 9. The first-order chi connectivity index (χ1) is 15.8. The lowest BCUT2D eigenvalue weighted by molar-refractivity contribution is -0.122. The van der Waals surface area contributed by atoms with Crippen LogP contribution in [0.25, 0.3) is 11.4 Å². The van der Waals surface area contributed by atoms with Gasteiger partial charge in [-0.15, -0.1) is 0 Å². The Morgan fingerprint density at radius 1 is 1.12 bits per heavy atom. The van der Waals surface area contributed by atoms with Crippen LogP contribution in [0.2, 0.25) is 0 Å². The monoisotopic (exact) mass is 466 g/mol. The first kappa shape index (κ1) is 21.3. The highest BCUT2D eigenvalue weighted by atomic mass is 32.2. The number of ether oxygens (including phenoxy) is 1. The third-order valence-electron chi connectivity index (χ3n) is 5.73. The van der Waals surface area contributed by atoms with Gasteiger partial charge in [-0.2, -0.15) is 0 Å². The van der Waals surface area contributed by atoms with Gasteiger partial charge in [0.25, 0.3) is 5.91 Å². The molecule has 170 valence electrons. The summed E-state index contributed by atoms with van der Waals surface area (Å²) in [5.74, 6) is 1.43. The molecule has 2 N–H and O–H groups in total. The number of hydrogen-bond donors (Lipinski definition) is 1. The molecule has 1 saturated heterocycles. The number of amides is 1. The second-order valence-electron chi connectivity index (χ2n) is 8.00. The number of pyridine rings is 1. The molecule has 0 bridgehead atoms. The Balaban J connectivity index is 1.54. The third-order valence-corrected chi connectivity index (χ3v) is 6.86. The zero-order valence-corrected chi connectivity index (χ0v) is 18.7. The molecule has 0 aliphatic carbocycles. The van der Waals surface area contributed by atoms with Crippen molar-refractivity contribution in [2.45, 2.75) is 17.5 Å². The predicted octanol–water partition coefficient (Wildman–Crippen LogP) is 1.28. The average molecular weight is 467 g/mol. The molecule has 10 nitrogen and oxygen atoms in total. The average Bonchev–Trinajstić information content (AvgIpc) is 2.82. The molecule has 1 amide bonds. The number of nitrogens with two attached hydrogens (primary N) is 1. The summed E-state index contributed by atoms with van der Waals surface area (Å²) in [5, 5.41) is 0. The highest BCUT2D eigenvalue weighted by molar-refractivity contribution is 7.90. The molecule has 2 aliphatic rings. The second-order valence-corrected chi connectivity index (χ2v) is 10.0. The number of carbonyl (C=O) groups excluding carboxylic acids is 1. The Morgan fingerprint density at radius 2 is 1.91 bits per heavy atom. The Morgan fingerprint density at radius 3 is 2.61 bits per heavy atom. The molecule has 1 unspecified atom stereocenters. The number of morpholine rings is 1. The number of aromatic nitrogens is 3. The number of anilines is 3. The van der Waals surface area contributed by atoms with Crippen molar-refractivity contribution in [3.63, 3.8) is 0 Å². The van der Waals surface area contributed by atoms with Crippen LogP contribution in [0.3, 0.4) is 0 Å². The van der Waals surface area contributed by atoms with Crippen LogP contribution in [-0.4, -0.2) is 61.3 Å². The van der Waals surface area contributed by atoms with Crippen molar-refractivity contribution in [2.75, 3.05) is 41.5 Å². The maximum atomic E-state index is 13.4. The van der Waals surface area contributed by atoms with Crippen molar-refractivity contribution in [3.05, 3.63) is 54.4 Å². The van der Waals surface area contributed by atoms with E-state index in [2.05, 4.69) is 9.97 Å². The van der Waals surface area contributed by atoms with E-state index in [1.165, 1.54) is 0 Å². The van der Waals surface area contributed by atoms with E-state index in [0.29, 0.717) is 36.3 Å². The van der Waals surface area contributed by atoms with Crippen molar-refractivity contribution in [1.29, 1.82) is 0 Å². The fourth-order valence-corrected chi connectivity index (χ4v) is 4.62. The highest BCUT2D eigenvalue weighted by Crippen LogP contribution is 2.37. The SMILES string of the molecule is CS(=O)(=O)c1ccc(CN2C(=O)C3COCCN3c3nc(-c4ccc(N)nc4)ncc32)cc1. The van der Waals surface area contributed by atoms with Gasteiger partial charge in [0.05, 0.1) is 30.9 Å². The standard InChI is InChI=1S/C22H22N6O4S/c1-33(30,31)16-5-2-14(3-6-16)12-28-17-11-25-20(15-4-7-19(23)24-10-15)26-21(17)27-8-9-32-13-18(27)22(28)29/h2-7,10-11,18H,8-9,12-13H2,1H3,(H2,23,24). The lowest BCUT2D eigenvalue weighted by Crippen LogP contribution is -2.58. The van der Waals surface area contributed by atoms with Crippen LogP contribution in [-0.2, 0) is 25.9 Å². The number of fused-ring (bicyclic) bond motifs is 3. The maximum absolute atomic E-state index is 13.4. The molecule has 1 fully saturated rings. The Hall–Kier alpha value is -3.57. The molecule has 1 atom stereocenters. The minimum absolute atomic E-state index is 0.111. The first-order valence-corrected chi connectivity index (χ1v) is 12.2. The van der Waals surface area contributed by atoms with Crippen molar-refractivity contribution in [2.24, 2.45) is 0 Å². The number of benzene rings is 1. The lowest BCUT2D eigenvalue weighted by atomic mass is 10.1. The predicted molar refractivity (Wildman–Crippen MR) is 122 cm³/mol. The minimum atomic E-state index is -3.30. The van der Waals surface area contributed by atoms with E-state index >= 15 is 0 Å². The molecule has 33 heavy (non-hydrogen) atoms. The van der Waals surface area contributed by atoms with Gasteiger partial charge in [0.1, 0.15) is 17.5 Å². The molecular formula is C22H22N6O4S. The van der Waals surface area contributed by atoms with Crippen molar-refractivity contribution in [3.8, 4) is 11.4 Å². The van der Waals surface area contributed by atoms with Gasteiger partial charge in [-0.3, -0.25) is 4.79 Å². The lowest BCUT2D eigenvalue weighted by Gasteiger charge is -2.43. The Bertz CT molecular complexity index is 1310. The fraction of sp³-hybridized carbons (Fsp3) is 0.273. The zero-order valence-electron chi connectivity index (χ0n) is 17.9. The van der Waals surface area contributed by atoms with Crippen LogP contribution in [0.1, 0.15) is 5.56 Å². The van der Waals surface area contributed by atoms with Gasteiger partial charge in [-0.05, 0) is 29.8 Å². The fourth-order valence-electron chi connectivity index (χ4n) is 3.99. The summed E-state index contributed by atoms with van der Waals surface area (Å²) in [4.78, 5) is 30.6. The van der Waals surface area contributed by atoms with Gasteiger partial charge in [-0.1, -0.05) is 12.1 Å². The number of nitrogens with zero attached hydrogens (tertiary/aromatic N) is 5. The number of sulfone groups is 1. The summed E-state index contributed by atoms with van der Waals surface area (Å²) < 4.78 is 29.1. The molecular weight excluding hydrogens is 444 g/mol. The molecule has 0 spiro atoms. The van der Waals surface area contributed by atoms with Gasteiger partial charge < -0.3 is 20.3 Å². The van der Waals surface area contributed by atoms with Crippen LogP contribution in [0.15, 0.2) is 53.7 Å². The van der Waals surface area contributed by atoms with E-state index in [1.807, 2.05) is 4.90 Å². The van der Waals surface area contributed by atoms with E-state index < -0.39 is 15.9 Å². The van der Waals surface area contributed by atoms with E-state index in [4.69, 9.17) is 15.5 Å². The van der Waals surface area contributed by atoms with Gasteiger partial charge >= 0.3 is 0 Å². The molecule has 5 rings (SSSR count). The maximum Gasteiger partial charge on any atom is 0.252 e. The Kier molecular flexibility index (Phi) is 5.22. The molecule has 2 aromatic heterocycles. The summed E-state index contributed by atoms with van der Waals surface area (Å²) in [5.41, 5.74) is 7.80. The summed E-state index contributed by atoms with van der Waals surface area (Å²) >= 11 is 0. The summed E-state index contributed by atoms with van der Waals surface area (Å²) in [6.07, 6.45) is 4.42. The van der Waals surface area contributed by atoms with E-state index in [0.717, 1.165) is 17.4 Å². The van der Waals surface area contributed by atoms with Crippen molar-refractivity contribution >= 4 is 33.1 Å². The minimum Gasteiger partial charge on any atom is -0.384 e. The molecule has 0 radical (unpaired) electrons. The van der Waals surface area contributed by atoms with Gasteiger partial charge in [0, 0.05) is 24.6 Å². The summed E-state index contributed by atoms with van der Waals surface area (Å²) in [6.45, 7) is 1.56. The molecule has 1 aromatic carbocycles. The van der Waals surface area contributed by atoms with Gasteiger partial charge in [-0.25, -0.2) is 23.4 Å². The normalized spacial score (nSPS) is 18.1. The molecule has 0 saturated carbocycles. The van der Waals surface area contributed by atoms with Crippen LogP contribution < -0.4 is 15.5 Å². The highest BCUT2D eigenvalue weighted by Gasteiger charge is 2.41. The van der Waals surface area contributed by atoms with Gasteiger partial charge in [0.2, 0.25) is 0 Å². The van der Waals surface area contributed by atoms with Crippen LogP contribution >= 0.6 is 0 Å².